The first-order valence-electron chi connectivity index (χ1n) is 7.39. The van der Waals surface area contributed by atoms with Crippen LogP contribution in [0.4, 0.5) is 4.39 Å². The van der Waals surface area contributed by atoms with Gasteiger partial charge in [0, 0.05) is 16.1 Å². The van der Waals surface area contributed by atoms with E-state index in [9.17, 15) is 18.8 Å². The van der Waals surface area contributed by atoms with Gasteiger partial charge in [0.25, 0.3) is 11.8 Å². The molecule has 8 heteroatoms. The molecule has 2 rings (SSSR count). The Bertz CT molecular complexity index is 820. The van der Waals surface area contributed by atoms with Crippen molar-refractivity contribution < 1.29 is 23.5 Å². The fourth-order valence-corrected chi connectivity index (χ4v) is 2.02. The Hall–Kier alpha value is -3.00. The van der Waals surface area contributed by atoms with Gasteiger partial charge in [-0.3, -0.25) is 20.4 Å². The summed E-state index contributed by atoms with van der Waals surface area (Å²) >= 11 is 3.25. The summed E-state index contributed by atoms with van der Waals surface area (Å²) in [7, 11) is 0. The lowest BCUT2D eigenvalue weighted by molar-refractivity contribution is -0.144. The highest BCUT2D eigenvalue weighted by Gasteiger charge is 2.08. The van der Waals surface area contributed by atoms with Crippen LogP contribution in [0.3, 0.4) is 0 Å². The average Bonchev–Trinajstić information content (AvgIpc) is 2.64. The summed E-state index contributed by atoms with van der Waals surface area (Å²) in [6.07, 6.45) is 2.54. The van der Waals surface area contributed by atoms with E-state index in [0.29, 0.717) is 11.1 Å². The summed E-state index contributed by atoms with van der Waals surface area (Å²) in [6, 6.07) is 12.0. The van der Waals surface area contributed by atoms with E-state index in [1.807, 2.05) is 0 Å². The van der Waals surface area contributed by atoms with Crippen molar-refractivity contribution in [3.63, 3.8) is 0 Å². The van der Waals surface area contributed by atoms with Crippen molar-refractivity contribution in [1.29, 1.82) is 0 Å². The zero-order valence-corrected chi connectivity index (χ0v) is 15.0. The van der Waals surface area contributed by atoms with Crippen LogP contribution in [0.5, 0.6) is 0 Å². The number of halogens is 2. The van der Waals surface area contributed by atoms with E-state index in [0.717, 1.165) is 10.5 Å². The van der Waals surface area contributed by atoms with E-state index in [2.05, 4.69) is 26.8 Å². The number of hydrazine groups is 1. The van der Waals surface area contributed by atoms with Gasteiger partial charge in [0.2, 0.25) is 0 Å². The van der Waals surface area contributed by atoms with Crippen LogP contribution in [0.1, 0.15) is 15.9 Å². The number of benzene rings is 2. The molecule has 0 atom stereocenters. The largest absolute Gasteiger partial charge is 0.452 e. The van der Waals surface area contributed by atoms with E-state index in [1.54, 1.807) is 24.3 Å². The molecule has 0 aliphatic rings. The highest BCUT2D eigenvalue weighted by Crippen LogP contribution is 2.10. The number of esters is 1. The van der Waals surface area contributed by atoms with Gasteiger partial charge in [-0.25, -0.2) is 9.18 Å². The van der Waals surface area contributed by atoms with Gasteiger partial charge < -0.3 is 4.74 Å². The van der Waals surface area contributed by atoms with Gasteiger partial charge in [-0.15, -0.1) is 0 Å². The van der Waals surface area contributed by atoms with Gasteiger partial charge in [0.05, 0.1) is 0 Å². The molecule has 0 radical (unpaired) electrons. The molecular formula is C18H14BrFN2O4. The smallest absolute Gasteiger partial charge is 0.331 e. The predicted molar refractivity (Wildman–Crippen MR) is 96.1 cm³/mol. The van der Waals surface area contributed by atoms with Gasteiger partial charge in [0.15, 0.2) is 6.61 Å². The van der Waals surface area contributed by atoms with Crippen molar-refractivity contribution in [3.05, 3.63) is 76.0 Å². The summed E-state index contributed by atoms with van der Waals surface area (Å²) in [6.45, 7) is -0.562. The third-order valence-electron chi connectivity index (χ3n) is 3.05. The Labute approximate surface area is 157 Å². The molecule has 0 spiro atoms. The minimum absolute atomic E-state index is 0.354. The first kappa shape index (κ1) is 19.3. The van der Waals surface area contributed by atoms with Crippen LogP contribution in [0.25, 0.3) is 6.08 Å². The third kappa shape index (κ3) is 6.48. The van der Waals surface area contributed by atoms with Gasteiger partial charge >= 0.3 is 5.97 Å². The molecule has 0 aliphatic heterocycles. The van der Waals surface area contributed by atoms with Crippen molar-refractivity contribution in [2.45, 2.75) is 0 Å². The molecule has 2 N–H and O–H groups in total. The van der Waals surface area contributed by atoms with Crippen LogP contribution in [0.15, 0.2) is 59.1 Å². The lowest BCUT2D eigenvalue weighted by Crippen LogP contribution is -2.43. The SMILES string of the molecule is O=C(COC(=O)/C=C/c1ccc(F)cc1)NNC(=O)c1ccc(Br)cc1. The minimum Gasteiger partial charge on any atom is -0.452 e. The monoisotopic (exact) mass is 420 g/mol. The molecule has 2 aromatic carbocycles. The molecule has 2 aromatic rings. The summed E-state index contributed by atoms with van der Waals surface area (Å²) in [5, 5.41) is 0. The summed E-state index contributed by atoms with van der Waals surface area (Å²) < 4.78 is 18.3. The van der Waals surface area contributed by atoms with Gasteiger partial charge in [-0.1, -0.05) is 28.1 Å². The first-order chi connectivity index (χ1) is 12.4. The maximum Gasteiger partial charge on any atom is 0.331 e. The number of carbonyl (C=O) groups excluding carboxylic acids is 3. The molecule has 0 aromatic heterocycles. The average molecular weight is 421 g/mol. The molecular weight excluding hydrogens is 407 g/mol. The van der Waals surface area contributed by atoms with E-state index in [4.69, 9.17) is 4.74 Å². The molecule has 6 nitrogen and oxygen atoms in total. The maximum absolute atomic E-state index is 12.8. The Morgan fingerprint density at radius 3 is 2.31 bits per heavy atom. The fourth-order valence-electron chi connectivity index (χ4n) is 1.76. The first-order valence-corrected chi connectivity index (χ1v) is 8.18. The van der Waals surface area contributed by atoms with Crippen LogP contribution in [0, 0.1) is 5.82 Å². The van der Waals surface area contributed by atoms with E-state index < -0.39 is 24.4 Å². The molecule has 0 saturated carbocycles. The molecule has 0 unspecified atom stereocenters. The molecule has 134 valence electrons. The van der Waals surface area contributed by atoms with Crippen LogP contribution >= 0.6 is 15.9 Å². The maximum atomic E-state index is 12.8. The number of rotatable bonds is 5. The molecule has 26 heavy (non-hydrogen) atoms. The van der Waals surface area contributed by atoms with Gasteiger partial charge in [-0.2, -0.15) is 0 Å². The normalized spacial score (nSPS) is 10.4. The van der Waals surface area contributed by atoms with Crippen molar-refractivity contribution in [2.24, 2.45) is 0 Å². The Morgan fingerprint density at radius 2 is 1.65 bits per heavy atom. The number of ether oxygens (including phenoxy) is 1. The predicted octanol–water partition coefficient (Wildman–Crippen LogP) is 2.61. The zero-order valence-electron chi connectivity index (χ0n) is 13.4. The quantitative estimate of drug-likeness (QED) is 0.442. The van der Waals surface area contributed by atoms with Crippen LogP contribution < -0.4 is 10.9 Å². The number of amides is 2. The van der Waals surface area contributed by atoms with Crippen molar-refractivity contribution in [3.8, 4) is 0 Å². The number of hydrogen-bond acceptors (Lipinski definition) is 4. The van der Waals surface area contributed by atoms with Gasteiger partial charge in [-0.05, 0) is 48.0 Å². The fraction of sp³-hybridized carbons (Fsp3) is 0.0556. The molecule has 0 saturated heterocycles. The lowest BCUT2D eigenvalue weighted by Gasteiger charge is -2.07. The highest BCUT2D eigenvalue weighted by molar-refractivity contribution is 9.10. The molecule has 0 fully saturated rings. The zero-order chi connectivity index (χ0) is 18.9. The number of hydrogen-bond donors (Lipinski definition) is 2. The van der Waals surface area contributed by atoms with Crippen LogP contribution in [0.2, 0.25) is 0 Å². The van der Waals surface area contributed by atoms with Crippen molar-refractivity contribution >= 4 is 39.8 Å². The van der Waals surface area contributed by atoms with E-state index in [1.165, 1.54) is 30.3 Å². The second-order valence-electron chi connectivity index (χ2n) is 5.00. The van der Waals surface area contributed by atoms with E-state index in [-0.39, 0.29) is 5.82 Å². The van der Waals surface area contributed by atoms with E-state index >= 15 is 0 Å². The summed E-state index contributed by atoms with van der Waals surface area (Å²) in [5.41, 5.74) is 5.30. The lowest BCUT2D eigenvalue weighted by atomic mass is 10.2. The Morgan fingerprint density at radius 1 is 1.00 bits per heavy atom. The Balaban J connectivity index is 1.72. The van der Waals surface area contributed by atoms with Gasteiger partial charge in [0.1, 0.15) is 5.82 Å². The minimum atomic E-state index is -0.747. The second-order valence-corrected chi connectivity index (χ2v) is 5.92. The molecule has 0 bridgehead atoms. The van der Waals surface area contributed by atoms with Crippen LogP contribution in [-0.2, 0) is 14.3 Å². The number of nitrogens with one attached hydrogen (secondary N) is 2. The Kier molecular flexibility index (Phi) is 7.04. The second kappa shape index (κ2) is 9.47. The highest BCUT2D eigenvalue weighted by atomic mass is 79.9. The number of carbonyl (C=O) groups is 3. The van der Waals surface area contributed by atoms with Crippen molar-refractivity contribution in [2.75, 3.05) is 6.61 Å². The molecule has 0 heterocycles. The summed E-state index contributed by atoms with van der Waals surface area (Å²) in [5.74, 6) is -2.33. The third-order valence-corrected chi connectivity index (χ3v) is 3.58. The molecule has 0 aliphatic carbocycles. The standard InChI is InChI=1S/C18H14BrFN2O4/c19-14-6-4-13(5-7-14)18(25)22-21-16(23)11-26-17(24)10-3-12-1-8-15(20)9-2-12/h1-10H,11H2,(H,21,23)(H,22,25)/b10-3+. The topological polar surface area (TPSA) is 84.5 Å². The van der Waals surface area contributed by atoms with Crippen LogP contribution in [-0.4, -0.2) is 24.4 Å². The summed E-state index contributed by atoms with van der Waals surface area (Å²) in [4.78, 5) is 34.9. The van der Waals surface area contributed by atoms with Crippen molar-refractivity contribution in [1.82, 2.24) is 10.9 Å². The molecule has 2 amide bonds.